The minimum Gasteiger partial charge on any atom is -0.352 e. The molecule has 170 valence electrons. The summed E-state index contributed by atoms with van der Waals surface area (Å²) in [5, 5.41) is 0. The predicted molar refractivity (Wildman–Crippen MR) is 104 cm³/mol. The average molecular weight is 434 g/mol. The largest absolute Gasteiger partial charge is 0.352 e. The number of hydrogen-bond acceptors (Lipinski definition) is 2. The van der Waals surface area contributed by atoms with Gasteiger partial charge in [0.15, 0.2) is 23.7 Å². The van der Waals surface area contributed by atoms with Gasteiger partial charge in [-0.1, -0.05) is 26.2 Å². The topological polar surface area (TPSA) is 18.5 Å². The molecule has 2 aliphatic rings. The summed E-state index contributed by atoms with van der Waals surface area (Å²) in [6, 6.07) is 1.30. The molecule has 1 aliphatic heterocycles. The van der Waals surface area contributed by atoms with Crippen LogP contribution in [0.1, 0.15) is 63.9 Å². The molecule has 1 aromatic carbocycles. The summed E-state index contributed by atoms with van der Waals surface area (Å²) in [7, 11) is 0. The maximum Gasteiger partial charge on any atom is 0.254 e. The molecule has 0 aromatic heterocycles. The lowest BCUT2D eigenvalue weighted by molar-refractivity contribution is -0.232. The quantitative estimate of drug-likeness (QED) is 0.259. The molecule has 1 aliphatic carbocycles. The minimum absolute atomic E-state index is 0.0920. The first-order valence-corrected chi connectivity index (χ1v) is 11.0. The molecule has 2 nitrogen and oxygen atoms in total. The second kappa shape index (κ2) is 10.4. The van der Waals surface area contributed by atoms with Gasteiger partial charge in [-0.05, 0) is 49.8 Å². The van der Waals surface area contributed by atoms with E-state index in [-0.39, 0.29) is 17.8 Å². The molecule has 0 amide bonds. The highest BCUT2D eigenvalue weighted by atomic mass is 19.3. The first-order valence-electron chi connectivity index (χ1n) is 11.0. The molecule has 1 saturated carbocycles. The van der Waals surface area contributed by atoms with Crippen LogP contribution in [0.3, 0.4) is 0 Å². The van der Waals surface area contributed by atoms with Crippen LogP contribution in [0.25, 0.3) is 0 Å². The number of rotatable bonds is 8. The minimum atomic E-state index is -3.11. The van der Waals surface area contributed by atoms with Crippen molar-refractivity contribution in [2.24, 2.45) is 17.8 Å². The molecule has 3 rings (SSSR count). The predicted octanol–water partition coefficient (Wildman–Crippen LogP) is 6.66. The first kappa shape index (κ1) is 23.5. The van der Waals surface area contributed by atoms with Crippen LogP contribution >= 0.6 is 0 Å². The van der Waals surface area contributed by atoms with Crippen molar-refractivity contribution in [3.63, 3.8) is 0 Å². The van der Waals surface area contributed by atoms with Crippen molar-refractivity contribution in [1.82, 2.24) is 0 Å². The normalized spacial score (nSPS) is 27.9. The molecule has 0 atom stereocenters. The number of ether oxygens (including phenoxy) is 2. The summed E-state index contributed by atoms with van der Waals surface area (Å²) in [4.78, 5) is 0. The third-order valence-electron chi connectivity index (χ3n) is 6.45. The molecule has 0 unspecified atom stereocenters. The van der Waals surface area contributed by atoms with E-state index in [1.165, 1.54) is 19.3 Å². The monoisotopic (exact) mass is 434 g/mol. The molecule has 1 saturated heterocycles. The molecule has 1 aromatic rings. The van der Waals surface area contributed by atoms with Crippen LogP contribution in [0.5, 0.6) is 0 Å². The Kier molecular flexibility index (Phi) is 8.13. The molecule has 0 bridgehead atoms. The highest BCUT2D eigenvalue weighted by molar-refractivity contribution is 5.21. The first-order chi connectivity index (χ1) is 14.3. The third-order valence-corrected chi connectivity index (χ3v) is 6.45. The number of hydrogen-bond donors (Lipinski definition) is 0. The lowest BCUT2D eigenvalue weighted by Crippen LogP contribution is -2.41. The standard InChI is InChI=1S/C23H31F5O2/c1-2-3-4-5-15-13-29-22(30-14-15)17-6-8-18(9-7-17)23(27,28)12-16-10-19(24)21(26)20(25)11-16/h10-11,15,17-18,22H,2-9,12-14H2,1H3/t15?,17-,18-,22?. The van der Waals surface area contributed by atoms with Gasteiger partial charge in [0.05, 0.1) is 13.2 Å². The Morgan fingerprint density at radius 2 is 1.53 bits per heavy atom. The highest BCUT2D eigenvalue weighted by Gasteiger charge is 2.43. The van der Waals surface area contributed by atoms with Gasteiger partial charge in [0, 0.05) is 24.2 Å². The summed E-state index contributed by atoms with van der Waals surface area (Å²) in [6.07, 6.45) is 5.24. The van der Waals surface area contributed by atoms with Gasteiger partial charge in [0.1, 0.15) is 0 Å². The summed E-state index contributed by atoms with van der Waals surface area (Å²) in [5.74, 6) is -8.01. The molecule has 30 heavy (non-hydrogen) atoms. The molecular weight excluding hydrogens is 403 g/mol. The summed E-state index contributed by atoms with van der Waals surface area (Å²) < 4.78 is 81.0. The van der Waals surface area contributed by atoms with E-state index < -0.39 is 35.7 Å². The second-order valence-electron chi connectivity index (χ2n) is 8.82. The van der Waals surface area contributed by atoms with E-state index in [0.29, 0.717) is 56.9 Å². The lowest BCUT2D eigenvalue weighted by atomic mass is 9.77. The van der Waals surface area contributed by atoms with E-state index in [4.69, 9.17) is 9.47 Å². The van der Waals surface area contributed by atoms with Gasteiger partial charge in [-0.2, -0.15) is 0 Å². The van der Waals surface area contributed by atoms with Crippen LogP contribution in [-0.2, 0) is 15.9 Å². The molecule has 0 spiro atoms. The van der Waals surface area contributed by atoms with Crippen LogP contribution in [0.4, 0.5) is 22.0 Å². The third kappa shape index (κ3) is 5.94. The van der Waals surface area contributed by atoms with Crippen molar-refractivity contribution in [1.29, 1.82) is 0 Å². The molecule has 1 heterocycles. The van der Waals surface area contributed by atoms with Gasteiger partial charge in [0.2, 0.25) is 0 Å². The van der Waals surface area contributed by atoms with Crippen molar-refractivity contribution in [3.8, 4) is 0 Å². The van der Waals surface area contributed by atoms with Gasteiger partial charge in [0.25, 0.3) is 5.92 Å². The Morgan fingerprint density at radius 1 is 0.933 bits per heavy atom. The fraction of sp³-hybridized carbons (Fsp3) is 0.739. The Balaban J connectivity index is 1.47. The van der Waals surface area contributed by atoms with E-state index in [9.17, 15) is 22.0 Å². The fourth-order valence-electron chi connectivity index (χ4n) is 4.62. The lowest BCUT2D eigenvalue weighted by Gasteiger charge is -2.39. The van der Waals surface area contributed by atoms with Crippen LogP contribution in [0.2, 0.25) is 0 Å². The maximum atomic E-state index is 14.7. The number of halogens is 5. The van der Waals surface area contributed by atoms with Crippen molar-refractivity contribution in [3.05, 3.63) is 35.1 Å². The van der Waals surface area contributed by atoms with E-state index >= 15 is 0 Å². The van der Waals surface area contributed by atoms with Crippen molar-refractivity contribution >= 4 is 0 Å². The maximum absolute atomic E-state index is 14.7. The summed E-state index contributed by atoms with van der Waals surface area (Å²) in [5.41, 5.74) is -0.230. The molecule has 7 heteroatoms. The van der Waals surface area contributed by atoms with E-state index in [0.717, 1.165) is 6.42 Å². The number of benzene rings is 1. The summed E-state index contributed by atoms with van der Waals surface area (Å²) in [6.45, 7) is 3.48. The van der Waals surface area contributed by atoms with Gasteiger partial charge < -0.3 is 9.47 Å². The molecular formula is C23H31F5O2. The van der Waals surface area contributed by atoms with Crippen LogP contribution < -0.4 is 0 Å². The van der Waals surface area contributed by atoms with Crippen molar-refractivity contribution in [2.45, 2.75) is 76.9 Å². The smallest absolute Gasteiger partial charge is 0.254 e. The average Bonchev–Trinajstić information content (AvgIpc) is 2.72. The number of alkyl halides is 2. The van der Waals surface area contributed by atoms with Crippen molar-refractivity contribution < 1.29 is 31.4 Å². The molecule has 0 N–H and O–H groups in total. The second-order valence-corrected chi connectivity index (χ2v) is 8.82. The van der Waals surface area contributed by atoms with Crippen LogP contribution in [0.15, 0.2) is 12.1 Å². The summed E-state index contributed by atoms with van der Waals surface area (Å²) >= 11 is 0. The van der Waals surface area contributed by atoms with Gasteiger partial charge in [-0.3, -0.25) is 0 Å². The van der Waals surface area contributed by atoms with Gasteiger partial charge in [-0.25, -0.2) is 22.0 Å². The zero-order valence-electron chi connectivity index (χ0n) is 17.4. The fourth-order valence-corrected chi connectivity index (χ4v) is 4.62. The zero-order chi connectivity index (χ0) is 21.7. The van der Waals surface area contributed by atoms with Crippen LogP contribution in [-0.4, -0.2) is 25.4 Å². The SMILES string of the molecule is CCCCCC1COC([C@H]2CC[C@H](C(F)(F)Cc3cc(F)c(F)c(F)c3)CC2)OC1. The van der Waals surface area contributed by atoms with E-state index in [1.807, 2.05) is 0 Å². The Bertz CT molecular complexity index is 657. The Hall–Kier alpha value is -1.21. The van der Waals surface area contributed by atoms with Crippen LogP contribution in [0, 0.1) is 35.2 Å². The zero-order valence-corrected chi connectivity index (χ0v) is 17.4. The van der Waals surface area contributed by atoms with Crippen molar-refractivity contribution in [2.75, 3.05) is 13.2 Å². The van der Waals surface area contributed by atoms with Gasteiger partial charge in [-0.15, -0.1) is 0 Å². The molecule has 2 fully saturated rings. The Labute approximate surface area is 175 Å². The van der Waals surface area contributed by atoms with E-state index in [1.54, 1.807) is 0 Å². The number of unbranched alkanes of at least 4 members (excludes halogenated alkanes) is 2. The van der Waals surface area contributed by atoms with Gasteiger partial charge >= 0.3 is 0 Å². The molecule has 0 radical (unpaired) electrons. The van der Waals surface area contributed by atoms with E-state index in [2.05, 4.69) is 6.92 Å². The highest BCUT2D eigenvalue weighted by Crippen LogP contribution is 2.42. The Morgan fingerprint density at radius 3 is 2.10 bits per heavy atom.